The molecule has 130 valence electrons. The van der Waals surface area contributed by atoms with Crippen molar-refractivity contribution in [2.45, 2.75) is 22.5 Å². The second-order valence-corrected chi connectivity index (χ2v) is 5.90. The fourth-order valence-corrected chi connectivity index (χ4v) is 3.13. The SMILES string of the molecule is N#Cc1c(N)nc2c(c1N)Cc1ccccc1S2.O=C(O)C(F)(F)F. The highest BCUT2D eigenvalue weighted by atomic mass is 32.2. The highest BCUT2D eigenvalue weighted by Gasteiger charge is 2.38. The van der Waals surface area contributed by atoms with Crippen molar-refractivity contribution >= 4 is 29.2 Å². The number of nitrogens with two attached hydrogens (primary N) is 2. The molecule has 0 radical (unpaired) electrons. The maximum absolute atomic E-state index is 10.6. The maximum Gasteiger partial charge on any atom is 0.490 e. The van der Waals surface area contributed by atoms with E-state index in [2.05, 4.69) is 17.1 Å². The molecule has 2 heterocycles. The van der Waals surface area contributed by atoms with E-state index in [0.29, 0.717) is 12.1 Å². The van der Waals surface area contributed by atoms with Gasteiger partial charge in [-0.25, -0.2) is 9.78 Å². The summed E-state index contributed by atoms with van der Waals surface area (Å²) in [5.74, 6) is -2.55. The van der Waals surface area contributed by atoms with Crippen molar-refractivity contribution in [2.24, 2.45) is 0 Å². The zero-order valence-corrected chi connectivity index (χ0v) is 13.3. The lowest BCUT2D eigenvalue weighted by atomic mass is 10.0. The lowest BCUT2D eigenvalue weighted by Gasteiger charge is -2.20. The monoisotopic (exact) mass is 368 g/mol. The highest BCUT2D eigenvalue weighted by molar-refractivity contribution is 7.99. The van der Waals surface area contributed by atoms with E-state index in [-0.39, 0.29) is 11.4 Å². The van der Waals surface area contributed by atoms with Crippen molar-refractivity contribution in [1.82, 2.24) is 4.98 Å². The van der Waals surface area contributed by atoms with Crippen LogP contribution in [0.15, 0.2) is 34.2 Å². The van der Waals surface area contributed by atoms with Crippen LogP contribution in [0, 0.1) is 11.3 Å². The Morgan fingerprint density at radius 3 is 2.48 bits per heavy atom. The van der Waals surface area contributed by atoms with Crippen molar-refractivity contribution in [3.63, 3.8) is 0 Å². The number of nitrogens with zero attached hydrogens (tertiary/aromatic N) is 2. The van der Waals surface area contributed by atoms with Gasteiger partial charge >= 0.3 is 12.1 Å². The normalized spacial score (nSPS) is 12.1. The Morgan fingerprint density at radius 1 is 1.32 bits per heavy atom. The molecule has 5 N–H and O–H groups in total. The number of aliphatic carboxylic acids is 1. The van der Waals surface area contributed by atoms with Crippen LogP contribution < -0.4 is 11.5 Å². The van der Waals surface area contributed by atoms with Gasteiger partial charge in [-0.15, -0.1) is 0 Å². The van der Waals surface area contributed by atoms with Gasteiger partial charge in [-0.2, -0.15) is 18.4 Å². The smallest absolute Gasteiger partial charge is 0.475 e. The molecule has 1 aliphatic rings. The molecule has 0 amide bonds. The van der Waals surface area contributed by atoms with E-state index in [1.807, 2.05) is 18.2 Å². The van der Waals surface area contributed by atoms with Crippen LogP contribution in [0.2, 0.25) is 0 Å². The Balaban J connectivity index is 0.000000277. The van der Waals surface area contributed by atoms with Gasteiger partial charge in [0.2, 0.25) is 0 Å². The van der Waals surface area contributed by atoms with Crippen LogP contribution in [0.25, 0.3) is 0 Å². The number of aromatic nitrogens is 1. The average Bonchev–Trinajstić information content (AvgIpc) is 2.53. The fraction of sp³-hybridized carbons (Fsp3) is 0.133. The Labute approximate surface area is 144 Å². The summed E-state index contributed by atoms with van der Waals surface area (Å²) >= 11 is 1.55. The van der Waals surface area contributed by atoms with Crippen molar-refractivity contribution in [3.8, 4) is 6.07 Å². The number of fused-ring (bicyclic) bond motifs is 2. The quantitative estimate of drug-likeness (QED) is 0.557. The zero-order valence-electron chi connectivity index (χ0n) is 12.5. The van der Waals surface area contributed by atoms with Crippen molar-refractivity contribution in [3.05, 3.63) is 41.0 Å². The number of benzene rings is 1. The van der Waals surface area contributed by atoms with Crippen molar-refractivity contribution < 1.29 is 23.1 Å². The first kappa shape index (κ1) is 18.4. The lowest BCUT2D eigenvalue weighted by Crippen LogP contribution is -2.21. The standard InChI is InChI=1S/C13H10N4S.C2HF3O2/c14-6-9-11(15)8-5-7-3-1-2-4-10(7)18-13(8)17-12(9)16;3-2(4,5)1(6)7/h1-4H,5H2,(H4,15,16,17);(H,6,7). The average molecular weight is 368 g/mol. The summed E-state index contributed by atoms with van der Waals surface area (Å²) in [7, 11) is 0. The summed E-state index contributed by atoms with van der Waals surface area (Å²) in [5.41, 5.74) is 14.6. The minimum atomic E-state index is -5.08. The van der Waals surface area contributed by atoms with Crippen LogP contribution in [0.4, 0.5) is 24.7 Å². The first-order valence-corrected chi connectivity index (χ1v) is 7.50. The molecule has 0 bridgehead atoms. The second kappa shape index (κ2) is 6.90. The van der Waals surface area contributed by atoms with Gasteiger partial charge in [0.15, 0.2) is 0 Å². The molecular formula is C15H11F3N4O2S. The van der Waals surface area contributed by atoms with Crippen LogP contribution >= 0.6 is 11.8 Å². The van der Waals surface area contributed by atoms with Crippen LogP contribution in [0.3, 0.4) is 0 Å². The number of nitriles is 1. The van der Waals surface area contributed by atoms with Crippen LogP contribution in [0.1, 0.15) is 16.7 Å². The number of hydrogen-bond donors (Lipinski definition) is 3. The van der Waals surface area contributed by atoms with E-state index in [9.17, 15) is 13.2 Å². The Kier molecular flexibility index (Phi) is 5.08. The molecule has 10 heteroatoms. The third-order valence-electron chi connectivity index (χ3n) is 3.23. The van der Waals surface area contributed by atoms with E-state index in [0.717, 1.165) is 10.6 Å². The predicted molar refractivity (Wildman–Crippen MR) is 84.8 cm³/mol. The minimum Gasteiger partial charge on any atom is -0.475 e. The molecule has 3 rings (SSSR count). The predicted octanol–water partition coefficient (Wildman–Crippen LogP) is 2.81. The number of hydrogen-bond acceptors (Lipinski definition) is 6. The van der Waals surface area contributed by atoms with Gasteiger partial charge in [-0.1, -0.05) is 30.0 Å². The number of nitrogen functional groups attached to an aromatic ring is 2. The first-order valence-electron chi connectivity index (χ1n) is 6.69. The highest BCUT2D eigenvalue weighted by Crippen LogP contribution is 2.42. The molecule has 2 aromatic rings. The molecule has 1 aromatic carbocycles. The van der Waals surface area contributed by atoms with E-state index in [1.165, 1.54) is 10.5 Å². The van der Waals surface area contributed by atoms with Gasteiger partial charge in [0.05, 0.1) is 5.69 Å². The number of alkyl halides is 3. The van der Waals surface area contributed by atoms with Crippen LogP contribution in [-0.2, 0) is 11.2 Å². The topological polar surface area (TPSA) is 126 Å². The van der Waals surface area contributed by atoms with Crippen LogP contribution in [0.5, 0.6) is 0 Å². The first-order chi connectivity index (χ1) is 11.6. The molecule has 0 spiro atoms. The summed E-state index contributed by atoms with van der Waals surface area (Å²) in [6.45, 7) is 0. The summed E-state index contributed by atoms with van der Waals surface area (Å²) in [6.07, 6.45) is -4.38. The minimum absolute atomic E-state index is 0.209. The third-order valence-corrected chi connectivity index (χ3v) is 4.38. The number of rotatable bonds is 0. The van der Waals surface area contributed by atoms with Gasteiger partial charge in [0.1, 0.15) is 22.5 Å². The van der Waals surface area contributed by atoms with E-state index < -0.39 is 12.1 Å². The van der Waals surface area contributed by atoms with E-state index in [4.69, 9.17) is 26.6 Å². The molecule has 0 atom stereocenters. The largest absolute Gasteiger partial charge is 0.490 e. The molecule has 1 aromatic heterocycles. The van der Waals surface area contributed by atoms with Gasteiger partial charge in [0.25, 0.3) is 0 Å². The Morgan fingerprint density at radius 2 is 1.92 bits per heavy atom. The number of halogens is 3. The number of carboxylic acid groups (broad SMARTS) is 1. The molecule has 6 nitrogen and oxygen atoms in total. The number of anilines is 2. The summed E-state index contributed by atoms with van der Waals surface area (Å²) in [6, 6.07) is 10.1. The van der Waals surface area contributed by atoms with E-state index >= 15 is 0 Å². The van der Waals surface area contributed by atoms with E-state index in [1.54, 1.807) is 11.8 Å². The molecule has 0 saturated carbocycles. The molecule has 1 aliphatic heterocycles. The van der Waals surface area contributed by atoms with Gasteiger partial charge in [0, 0.05) is 16.9 Å². The molecule has 0 unspecified atom stereocenters. The van der Waals surface area contributed by atoms with Crippen molar-refractivity contribution in [2.75, 3.05) is 11.5 Å². The molecular weight excluding hydrogens is 357 g/mol. The van der Waals surface area contributed by atoms with Crippen LogP contribution in [-0.4, -0.2) is 22.2 Å². The summed E-state index contributed by atoms with van der Waals surface area (Å²) in [5, 5.41) is 17.0. The third kappa shape index (κ3) is 3.95. The summed E-state index contributed by atoms with van der Waals surface area (Å²) in [4.78, 5) is 14.3. The van der Waals surface area contributed by atoms with Gasteiger partial charge < -0.3 is 16.6 Å². The number of pyridine rings is 1. The molecule has 0 fully saturated rings. The maximum atomic E-state index is 10.6. The zero-order chi connectivity index (χ0) is 18.8. The fourth-order valence-electron chi connectivity index (χ4n) is 2.05. The number of carbonyl (C=O) groups is 1. The molecule has 0 aliphatic carbocycles. The Hall–Kier alpha value is -2.93. The molecule has 0 saturated heterocycles. The Bertz CT molecular complexity index is 878. The second-order valence-electron chi connectivity index (χ2n) is 4.87. The molecule has 25 heavy (non-hydrogen) atoms. The summed E-state index contributed by atoms with van der Waals surface area (Å²) < 4.78 is 31.7. The van der Waals surface area contributed by atoms with Gasteiger partial charge in [-0.3, -0.25) is 0 Å². The lowest BCUT2D eigenvalue weighted by molar-refractivity contribution is -0.192. The van der Waals surface area contributed by atoms with Crippen molar-refractivity contribution in [1.29, 1.82) is 5.26 Å². The van der Waals surface area contributed by atoms with Gasteiger partial charge in [-0.05, 0) is 11.6 Å². The number of carboxylic acids is 1.